The number of aromatic hydroxyl groups is 1. The van der Waals surface area contributed by atoms with Gasteiger partial charge >= 0.3 is 0 Å². The van der Waals surface area contributed by atoms with E-state index in [1.165, 1.54) is 0 Å². The number of hydrogen-bond donors (Lipinski definition) is 2. The number of phenols is 1. The van der Waals surface area contributed by atoms with Crippen molar-refractivity contribution in [3.8, 4) is 17.1 Å². The lowest BCUT2D eigenvalue weighted by atomic mass is 9.98. The topological polar surface area (TPSA) is 81.2 Å². The molecule has 0 bridgehead atoms. The lowest BCUT2D eigenvalue weighted by molar-refractivity contribution is 0.175. The molecule has 0 unspecified atom stereocenters. The number of rotatable bonds is 5. The number of hydrogen-bond acceptors (Lipinski definition) is 6. The third-order valence-electron chi connectivity index (χ3n) is 5.83. The van der Waals surface area contributed by atoms with Gasteiger partial charge in [0.05, 0.1) is 0 Å². The van der Waals surface area contributed by atoms with Crippen LogP contribution in [0.15, 0.2) is 42.5 Å². The van der Waals surface area contributed by atoms with Gasteiger partial charge in [-0.1, -0.05) is 31.2 Å². The second-order valence-corrected chi connectivity index (χ2v) is 7.88. The van der Waals surface area contributed by atoms with E-state index in [1.54, 1.807) is 0 Å². The molecule has 7 nitrogen and oxygen atoms in total. The van der Waals surface area contributed by atoms with Gasteiger partial charge in [-0.25, -0.2) is 5.10 Å². The van der Waals surface area contributed by atoms with Crippen molar-refractivity contribution >= 4 is 5.69 Å². The quantitative estimate of drug-likeness (QED) is 0.695. The van der Waals surface area contributed by atoms with Gasteiger partial charge in [0.15, 0.2) is 5.82 Å². The fraction of sp³-hybridized carbons (Fsp3) is 0.409. The SMILES string of the molecule is CCN1C[C@H](C)N(c2cc(O)cc(Cc3ccccc3-c3nnn[nH]3)c2)C[C@H]1C. The van der Waals surface area contributed by atoms with Crippen LogP contribution < -0.4 is 4.90 Å². The van der Waals surface area contributed by atoms with Crippen LogP contribution in [0.2, 0.25) is 0 Å². The molecule has 1 aliphatic heterocycles. The number of likely N-dealkylation sites (N-methyl/N-ethyl adjacent to an activating group) is 1. The summed E-state index contributed by atoms with van der Waals surface area (Å²) in [6.45, 7) is 9.80. The van der Waals surface area contributed by atoms with Gasteiger partial charge < -0.3 is 10.0 Å². The predicted molar refractivity (Wildman–Crippen MR) is 114 cm³/mol. The zero-order valence-electron chi connectivity index (χ0n) is 17.2. The van der Waals surface area contributed by atoms with Crippen LogP contribution in [0.4, 0.5) is 5.69 Å². The largest absolute Gasteiger partial charge is 0.508 e. The number of nitrogens with zero attached hydrogens (tertiary/aromatic N) is 5. The average molecular weight is 393 g/mol. The van der Waals surface area contributed by atoms with Gasteiger partial charge in [0, 0.05) is 42.5 Å². The maximum absolute atomic E-state index is 10.4. The summed E-state index contributed by atoms with van der Waals surface area (Å²) in [7, 11) is 0. The van der Waals surface area contributed by atoms with Crippen LogP contribution in [-0.2, 0) is 6.42 Å². The zero-order valence-corrected chi connectivity index (χ0v) is 17.2. The lowest BCUT2D eigenvalue weighted by Gasteiger charge is -2.45. The van der Waals surface area contributed by atoms with Crippen LogP contribution in [0.25, 0.3) is 11.4 Å². The van der Waals surface area contributed by atoms with Gasteiger partial charge in [-0.15, -0.1) is 5.10 Å². The van der Waals surface area contributed by atoms with E-state index < -0.39 is 0 Å². The Labute approximate surface area is 171 Å². The van der Waals surface area contributed by atoms with Crippen molar-refractivity contribution in [1.29, 1.82) is 0 Å². The Balaban J connectivity index is 1.62. The van der Waals surface area contributed by atoms with E-state index in [0.717, 1.165) is 42.0 Å². The average Bonchev–Trinajstić information content (AvgIpc) is 3.24. The molecule has 4 rings (SSSR count). The Morgan fingerprint density at radius 3 is 2.69 bits per heavy atom. The van der Waals surface area contributed by atoms with Crippen LogP contribution in [0.1, 0.15) is 31.9 Å². The first-order chi connectivity index (χ1) is 14.0. The summed E-state index contributed by atoms with van der Waals surface area (Å²) in [5.74, 6) is 0.952. The highest BCUT2D eigenvalue weighted by Gasteiger charge is 2.28. The minimum atomic E-state index is 0.300. The molecule has 29 heavy (non-hydrogen) atoms. The summed E-state index contributed by atoms with van der Waals surface area (Å²) in [6.07, 6.45) is 0.692. The van der Waals surface area contributed by atoms with Crippen molar-refractivity contribution in [3.05, 3.63) is 53.6 Å². The molecule has 2 atom stereocenters. The molecule has 0 aliphatic carbocycles. The first-order valence-corrected chi connectivity index (χ1v) is 10.2. The molecule has 1 saturated heterocycles. The predicted octanol–water partition coefficient (Wildman–Crippen LogP) is 3.08. The summed E-state index contributed by atoms with van der Waals surface area (Å²) in [6, 6.07) is 14.9. The minimum absolute atomic E-state index is 0.300. The van der Waals surface area contributed by atoms with Crippen molar-refractivity contribution in [3.63, 3.8) is 0 Å². The van der Waals surface area contributed by atoms with Crippen LogP contribution in [0.3, 0.4) is 0 Å². The highest BCUT2D eigenvalue weighted by Crippen LogP contribution is 2.30. The van der Waals surface area contributed by atoms with Crippen LogP contribution in [0, 0.1) is 0 Å². The Morgan fingerprint density at radius 2 is 1.93 bits per heavy atom. The molecule has 0 saturated carbocycles. The number of tetrazole rings is 1. The van der Waals surface area contributed by atoms with Gasteiger partial charge in [-0.05, 0) is 60.5 Å². The number of phenolic OH excluding ortho intramolecular Hbond substituents is 1. The van der Waals surface area contributed by atoms with E-state index in [4.69, 9.17) is 0 Å². The van der Waals surface area contributed by atoms with E-state index in [9.17, 15) is 5.11 Å². The van der Waals surface area contributed by atoms with Crippen LogP contribution in [0.5, 0.6) is 5.75 Å². The van der Waals surface area contributed by atoms with Gasteiger partial charge in [0.2, 0.25) is 0 Å². The summed E-state index contributed by atoms with van der Waals surface area (Å²) in [5.41, 5.74) is 4.23. The highest BCUT2D eigenvalue weighted by molar-refractivity contribution is 5.61. The molecular formula is C22H28N6O. The number of piperazine rings is 1. The van der Waals surface area contributed by atoms with E-state index >= 15 is 0 Å². The third kappa shape index (κ3) is 4.10. The lowest BCUT2D eigenvalue weighted by Crippen LogP contribution is -2.56. The van der Waals surface area contributed by atoms with Crippen molar-refractivity contribution in [2.24, 2.45) is 0 Å². The first kappa shape index (κ1) is 19.4. The number of aromatic amines is 1. The maximum atomic E-state index is 10.4. The standard InChI is InChI=1S/C22H28N6O/c1-4-27-13-16(3)28(14-15(27)2)19-10-17(11-20(29)12-19)9-18-7-5-6-8-21(18)22-23-25-26-24-22/h5-8,10-12,15-16,29H,4,9,13-14H2,1-3H3,(H,23,24,25,26)/t15-,16+/m1/s1. The Kier molecular flexibility index (Phi) is 5.49. The molecule has 1 aromatic heterocycles. The number of aromatic nitrogens is 4. The van der Waals surface area contributed by atoms with E-state index in [2.05, 4.69) is 63.3 Å². The Morgan fingerprint density at radius 1 is 1.10 bits per heavy atom. The van der Waals surface area contributed by atoms with E-state index in [-0.39, 0.29) is 0 Å². The van der Waals surface area contributed by atoms with Gasteiger partial charge in [0.25, 0.3) is 0 Å². The Hall–Kier alpha value is -2.93. The molecule has 0 amide bonds. The van der Waals surface area contributed by atoms with Gasteiger partial charge in [-0.2, -0.15) is 0 Å². The molecule has 152 valence electrons. The molecule has 3 aromatic rings. The molecule has 2 aromatic carbocycles. The zero-order chi connectivity index (χ0) is 20.4. The fourth-order valence-electron chi connectivity index (χ4n) is 4.32. The molecular weight excluding hydrogens is 364 g/mol. The summed E-state index contributed by atoms with van der Waals surface area (Å²) in [5, 5.41) is 24.7. The highest BCUT2D eigenvalue weighted by atomic mass is 16.3. The number of nitrogens with one attached hydrogen (secondary N) is 1. The van der Waals surface area contributed by atoms with Crippen LogP contribution in [-0.4, -0.2) is 62.3 Å². The molecule has 2 heterocycles. The second kappa shape index (κ2) is 8.21. The number of benzene rings is 2. The van der Waals surface area contributed by atoms with Crippen molar-refractivity contribution in [1.82, 2.24) is 25.5 Å². The Bertz CT molecular complexity index is 958. The summed E-state index contributed by atoms with van der Waals surface area (Å²) >= 11 is 0. The van der Waals surface area contributed by atoms with Gasteiger partial charge in [0.1, 0.15) is 5.75 Å². The van der Waals surface area contributed by atoms with Crippen molar-refractivity contribution in [2.75, 3.05) is 24.5 Å². The summed E-state index contributed by atoms with van der Waals surface area (Å²) < 4.78 is 0. The number of H-pyrrole nitrogens is 1. The van der Waals surface area contributed by atoms with E-state index in [1.807, 2.05) is 30.3 Å². The minimum Gasteiger partial charge on any atom is -0.508 e. The molecule has 1 aliphatic rings. The molecule has 0 radical (unpaired) electrons. The normalized spacial score (nSPS) is 20.2. The maximum Gasteiger partial charge on any atom is 0.179 e. The summed E-state index contributed by atoms with van der Waals surface area (Å²) in [4.78, 5) is 4.92. The molecule has 0 spiro atoms. The monoisotopic (exact) mass is 392 g/mol. The van der Waals surface area contributed by atoms with Crippen molar-refractivity contribution < 1.29 is 5.11 Å². The first-order valence-electron chi connectivity index (χ1n) is 10.2. The van der Waals surface area contributed by atoms with Gasteiger partial charge in [-0.3, -0.25) is 4.90 Å². The smallest absolute Gasteiger partial charge is 0.179 e. The van der Waals surface area contributed by atoms with Crippen molar-refractivity contribution in [2.45, 2.75) is 39.3 Å². The molecule has 1 fully saturated rings. The second-order valence-electron chi connectivity index (χ2n) is 7.88. The third-order valence-corrected chi connectivity index (χ3v) is 5.83. The van der Waals surface area contributed by atoms with Crippen LogP contribution >= 0.6 is 0 Å². The molecule has 2 N–H and O–H groups in total. The molecule has 7 heteroatoms. The fourth-order valence-corrected chi connectivity index (χ4v) is 4.32. The van der Waals surface area contributed by atoms with E-state index in [0.29, 0.717) is 30.1 Å². The number of anilines is 1.